The number of carbonyl (C=O) groups excluding carboxylic acids is 1. The normalized spacial score (nSPS) is 10.7. The lowest BCUT2D eigenvalue weighted by Crippen LogP contribution is -2.26. The van der Waals surface area contributed by atoms with Gasteiger partial charge in [-0.15, -0.1) is 0 Å². The fourth-order valence-electron chi connectivity index (χ4n) is 2.33. The maximum atomic E-state index is 12.5. The first-order valence-corrected chi connectivity index (χ1v) is 9.06. The van der Waals surface area contributed by atoms with Gasteiger partial charge < -0.3 is 10.6 Å². The Labute approximate surface area is 150 Å². The Morgan fingerprint density at radius 2 is 1.88 bits per heavy atom. The molecule has 2 aromatic rings. The summed E-state index contributed by atoms with van der Waals surface area (Å²) in [5.74, 6) is 1.66. The average Bonchev–Trinajstić information content (AvgIpc) is 2.62. The number of aromatic nitrogens is 2. The lowest BCUT2D eigenvalue weighted by Gasteiger charge is -2.11. The molecule has 134 valence electrons. The van der Waals surface area contributed by atoms with Crippen LogP contribution in [0.25, 0.3) is 11.4 Å². The summed E-state index contributed by atoms with van der Waals surface area (Å²) in [6.07, 6.45) is 3.11. The molecule has 0 aliphatic heterocycles. The number of anilines is 1. The van der Waals surface area contributed by atoms with Crippen molar-refractivity contribution in [2.75, 3.05) is 18.4 Å². The molecule has 5 heteroatoms. The molecule has 0 aliphatic rings. The van der Waals surface area contributed by atoms with E-state index in [0.29, 0.717) is 29.8 Å². The first kappa shape index (κ1) is 18.9. The molecular formula is C20H28N4O. The van der Waals surface area contributed by atoms with E-state index in [-0.39, 0.29) is 5.91 Å². The topological polar surface area (TPSA) is 66.9 Å². The first-order valence-electron chi connectivity index (χ1n) is 9.06. The molecular weight excluding hydrogens is 312 g/mol. The van der Waals surface area contributed by atoms with Gasteiger partial charge in [0.25, 0.3) is 5.91 Å². The van der Waals surface area contributed by atoms with Gasteiger partial charge in [0, 0.05) is 24.7 Å². The highest BCUT2D eigenvalue weighted by Crippen LogP contribution is 2.18. The molecule has 1 aromatic carbocycles. The third-order valence-corrected chi connectivity index (χ3v) is 3.83. The number of carbonyl (C=O) groups is 1. The van der Waals surface area contributed by atoms with Crippen molar-refractivity contribution in [2.24, 2.45) is 5.92 Å². The van der Waals surface area contributed by atoms with Crippen LogP contribution in [-0.2, 0) is 0 Å². The quantitative estimate of drug-likeness (QED) is 0.674. The first-order chi connectivity index (χ1) is 12.1. The van der Waals surface area contributed by atoms with E-state index in [9.17, 15) is 4.79 Å². The second kappa shape index (κ2) is 9.77. The van der Waals surface area contributed by atoms with E-state index in [1.807, 2.05) is 30.3 Å². The molecule has 0 spiro atoms. The Kier molecular flexibility index (Phi) is 7.38. The molecule has 0 radical (unpaired) electrons. The summed E-state index contributed by atoms with van der Waals surface area (Å²) in [6.45, 7) is 7.90. The van der Waals surface area contributed by atoms with Crippen LogP contribution in [0.5, 0.6) is 0 Å². The van der Waals surface area contributed by atoms with E-state index in [4.69, 9.17) is 0 Å². The molecule has 1 amide bonds. The number of nitrogens with zero attached hydrogens (tertiary/aromatic N) is 2. The number of nitrogens with one attached hydrogen (secondary N) is 2. The van der Waals surface area contributed by atoms with E-state index in [2.05, 4.69) is 41.4 Å². The van der Waals surface area contributed by atoms with Crippen molar-refractivity contribution < 1.29 is 4.79 Å². The lowest BCUT2D eigenvalue weighted by atomic mass is 10.1. The Hall–Kier alpha value is -2.43. The van der Waals surface area contributed by atoms with Gasteiger partial charge in [0.2, 0.25) is 0 Å². The Balaban J connectivity index is 2.21. The predicted octanol–water partition coefficient (Wildman–Crippen LogP) is 4.13. The zero-order valence-electron chi connectivity index (χ0n) is 15.4. The highest BCUT2D eigenvalue weighted by atomic mass is 16.1. The van der Waals surface area contributed by atoms with Gasteiger partial charge in [-0.3, -0.25) is 4.79 Å². The summed E-state index contributed by atoms with van der Waals surface area (Å²) in [6, 6.07) is 11.5. The third kappa shape index (κ3) is 6.18. The predicted molar refractivity (Wildman–Crippen MR) is 103 cm³/mol. The minimum Gasteiger partial charge on any atom is -0.370 e. The monoisotopic (exact) mass is 340 g/mol. The van der Waals surface area contributed by atoms with E-state index < -0.39 is 0 Å². The van der Waals surface area contributed by atoms with Crippen molar-refractivity contribution in [1.29, 1.82) is 0 Å². The number of unbranched alkanes of at least 4 members (excludes halogenated alkanes) is 1. The number of hydrogen-bond donors (Lipinski definition) is 2. The number of rotatable bonds is 9. The number of benzene rings is 1. The molecule has 0 unspecified atom stereocenters. The van der Waals surface area contributed by atoms with Crippen molar-refractivity contribution in [1.82, 2.24) is 15.3 Å². The van der Waals surface area contributed by atoms with Crippen LogP contribution >= 0.6 is 0 Å². The molecule has 25 heavy (non-hydrogen) atoms. The fourth-order valence-corrected chi connectivity index (χ4v) is 2.33. The largest absolute Gasteiger partial charge is 0.370 e. The van der Waals surface area contributed by atoms with Gasteiger partial charge in [-0.05, 0) is 18.8 Å². The highest BCUT2D eigenvalue weighted by molar-refractivity contribution is 5.93. The van der Waals surface area contributed by atoms with Crippen molar-refractivity contribution in [3.05, 3.63) is 42.1 Å². The number of amides is 1. The number of hydrogen-bond acceptors (Lipinski definition) is 4. The molecule has 0 atom stereocenters. The van der Waals surface area contributed by atoms with Gasteiger partial charge in [-0.2, -0.15) is 0 Å². The van der Waals surface area contributed by atoms with Crippen LogP contribution < -0.4 is 10.6 Å². The van der Waals surface area contributed by atoms with Crippen LogP contribution in [0, 0.1) is 5.92 Å². The summed E-state index contributed by atoms with van der Waals surface area (Å²) in [5, 5.41) is 6.24. The molecule has 0 bridgehead atoms. The van der Waals surface area contributed by atoms with Gasteiger partial charge in [0.15, 0.2) is 5.82 Å². The van der Waals surface area contributed by atoms with Gasteiger partial charge in [-0.25, -0.2) is 9.97 Å². The van der Waals surface area contributed by atoms with Gasteiger partial charge in [-0.1, -0.05) is 57.5 Å². The van der Waals surface area contributed by atoms with E-state index in [0.717, 1.165) is 31.4 Å². The summed E-state index contributed by atoms with van der Waals surface area (Å²) in [7, 11) is 0. The smallest absolute Gasteiger partial charge is 0.270 e. The Bertz CT molecular complexity index is 671. The van der Waals surface area contributed by atoms with Crippen molar-refractivity contribution in [3.8, 4) is 11.4 Å². The minimum absolute atomic E-state index is 0.154. The maximum Gasteiger partial charge on any atom is 0.270 e. The lowest BCUT2D eigenvalue weighted by molar-refractivity contribution is 0.0947. The Morgan fingerprint density at radius 3 is 2.56 bits per heavy atom. The van der Waals surface area contributed by atoms with E-state index >= 15 is 0 Å². The molecule has 0 saturated heterocycles. The van der Waals surface area contributed by atoms with Gasteiger partial charge in [0.1, 0.15) is 11.5 Å². The van der Waals surface area contributed by atoms with Gasteiger partial charge >= 0.3 is 0 Å². The molecule has 1 aromatic heterocycles. The van der Waals surface area contributed by atoms with Crippen LogP contribution in [-0.4, -0.2) is 29.0 Å². The molecule has 5 nitrogen and oxygen atoms in total. The van der Waals surface area contributed by atoms with Crippen LogP contribution in [0.1, 0.15) is 50.5 Å². The minimum atomic E-state index is -0.154. The molecule has 2 N–H and O–H groups in total. The SMILES string of the molecule is CCCCNc1cc(C(=O)NCCC(C)C)nc(-c2ccccc2)n1. The van der Waals surface area contributed by atoms with Crippen LogP contribution in [0.15, 0.2) is 36.4 Å². The fraction of sp³-hybridized carbons (Fsp3) is 0.450. The second-order valence-corrected chi connectivity index (χ2v) is 6.55. The molecule has 0 saturated carbocycles. The van der Waals surface area contributed by atoms with E-state index in [1.165, 1.54) is 0 Å². The third-order valence-electron chi connectivity index (χ3n) is 3.83. The second-order valence-electron chi connectivity index (χ2n) is 6.55. The standard InChI is InChI=1S/C20H28N4O/c1-4-5-12-21-18-14-17(20(25)22-13-11-15(2)3)23-19(24-18)16-9-7-6-8-10-16/h6-10,14-15H,4-5,11-13H2,1-3H3,(H,22,25)(H,21,23,24). The van der Waals surface area contributed by atoms with Crippen LogP contribution in [0.4, 0.5) is 5.82 Å². The van der Waals surface area contributed by atoms with Crippen molar-refractivity contribution in [3.63, 3.8) is 0 Å². The molecule has 2 rings (SSSR count). The average molecular weight is 340 g/mol. The summed E-state index contributed by atoms with van der Waals surface area (Å²) in [4.78, 5) is 21.5. The summed E-state index contributed by atoms with van der Waals surface area (Å²) < 4.78 is 0. The Morgan fingerprint density at radius 1 is 1.12 bits per heavy atom. The molecule has 0 fully saturated rings. The van der Waals surface area contributed by atoms with Crippen LogP contribution in [0.2, 0.25) is 0 Å². The zero-order chi connectivity index (χ0) is 18.1. The summed E-state index contributed by atoms with van der Waals surface area (Å²) >= 11 is 0. The van der Waals surface area contributed by atoms with Crippen molar-refractivity contribution >= 4 is 11.7 Å². The molecule has 0 aliphatic carbocycles. The highest BCUT2D eigenvalue weighted by Gasteiger charge is 2.13. The maximum absolute atomic E-state index is 12.5. The van der Waals surface area contributed by atoms with Gasteiger partial charge in [0.05, 0.1) is 0 Å². The van der Waals surface area contributed by atoms with Crippen molar-refractivity contribution in [2.45, 2.75) is 40.0 Å². The van der Waals surface area contributed by atoms with Crippen LogP contribution in [0.3, 0.4) is 0 Å². The molecule has 1 heterocycles. The zero-order valence-corrected chi connectivity index (χ0v) is 15.4. The summed E-state index contributed by atoms with van der Waals surface area (Å²) in [5.41, 5.74) is 1.30. The van der Waals surface area contributed by atoms with E-state index in [1.54, 1.807) is 6.07 Å².